The van der Waals surface area contributed by atoms with E-state index >= 15 is 0 Å². The Labute approximate surface area is 119 Å². The Morgan fingerprint density at radius 3 is 2.80 bits per heavy atom. The van der Waals surface area contributed by atoms with Gasteiger partial charge in [-0.15, -0.1) is 0 Å². The van der Waals surface area contributed by atoms with Crippen molar-refractivity contribution < 1.29 is 9.59 Å². The van der Waals surface area contributed by atoms with Crippen LogP contribution in [0.2, 0.25) is 0 Å². The average molecular weight is 272 g/mol. The number of benzene rings is 1. The predicted molar refractivity (Wildman–Crippen MR) is 77.7 cm³/mol. The summed E-state index contributed by atoms with van der Waals surface area (Å²) < 4.78 is 0. The normalized spacial score (nSPS) is 17.1. The maximum absolute atomic E-state index is 12.7. The van der Waals surface area contributed by atoms with E-state index in [4.69, 9.17) is 0 Å². The zero-order valence-corrected chi connectivity index (χ0v) is 12.0. The molecule has 0 saturated heterocycles. The molecule has 106 valence electrons. The molecule has 1 aromatic rings. The number of carbonyl (C=O) groups is 2. The molecule has 0 radical (unpaired) electrons. The van der Waals surface area contributed by atoms with Gasteiger partial charge in [-0.2, -0.15) is 0 Å². The maximum atomic E-state index is 12.7. The van der Waals surface area contributed by atoms with Crippen molar-refractivity contribution in [2.24, 2.45) is 5.92 Å². The van der Waals surface area contributed by atoms with Gasteiger partial charge in [0.15, 0.2) is 0 Å². The van der Waals surface area contributed by atoms with Gasteiger partial charge in [-0.1, -0.05) is 19.9 Å². The number of fused-ring (bicyclic) bond motifs is 1. The van der Waals surface area contributed by atoms with Crippen LogP contribution < -0.4 is 5.32 Å². The zero-order valence-electron chi connectivity index (χ0n) is 12.0. The molecule has 1 aliphatic heterocycles. The maximum Gasteiger partial charge on any atom is 0.254 e. The van der Waals surface area contributed by atoms with E-state index in [1.54, 1.807) is 0 Å². The molecule has 1 aromatic carbocycles. The third-order valence-corrected chi connectivity index (χ3v) is 3.79. The Hall–Kier alpha value is -1.84. The van der Waals surface area contributed by atoms with Crippen LogP contribution in [0.5, 0.6) is 0 Å². The van der Waals surface area contributed by atoms with E-state index in [1.165, 1.54) is 0 Å². The summed E-state index contributed by atoms with van der Waals surface area (Å²) >= 11 is 0. The Morgan fingerprint density at radius 2 is 2.15 bits per heavy atom. The number of hydrogen-bond acceptors (Lipinski definition) is 2. The number of rotatable bonds is 4. The van der Waals surface area contributed by atoms with Crippen molar-refractivity contribution >= 4 is 17.5 Å². The molecule has 20 heavy (non-hydrogen) atoms. The van der Waals surface area contributed by atoms with Crippen LogP contribution >= 0.6 is 0 Å². The Bertz CT molecular complexity index is 562. The summed E-state index contributed by atoms with van der Waals surface area (Å²) in [7, 11) is 0. The van der Waals surface area contributed by atoms with Crippen molar-refractivity contribution in [3.8, 4) is 0 Å². The summed E-state index contributed by atoms with van der Waals surface area (Å²) in [5.41, 5.74) is 2.45. The summed E-state index contributed by atoms with van der Waals surface area (Å²) in [5, 5.41) is 2.81. The number of carbonyl (C=O) groups excluding carboxylic acids is 2. The molecular weight excluding hydrogens is 252 g/mol. The van der Waals surface area contributed by atoms with E-state index in [2.05, 4.69) is 19.2 Å². The van der Waals surface area contributed by atoms with Gasteiger partial charge in [-0.25, -0.2) is 0 Å². The molecule has 0 unspecified atom stereocenters. The first-order valence-corrected chi connectivity index (χ1v) is 7.28. The third-order valence-electron chi connectivity index (χ3n) is 3.79. The van der Waals surface area contributed by atoms with Crippen LogP contribution in [0, 0.1) is 5.92 Å². The minimum absolute atomic E-state index is 0.00540. The van der Waals surface area contributed by atoms with Gasteiger partial charge in [0.2, 0.25) is 5.91 Å². The molecule has 1 saturated carbocycles. The van der Waals surface area contributed by atoms with E-state index < -0.39 is 0 Å². The second-order valence-electron chi connectivity index (χ2n) is 6.18. The Balaban J connectivity index is 1.82. The summed E-state index contributed by atoms with van der Waals surface area (Å²) in [4.78, 5) is 26.0. The highest BCUT2D eigenvalue weighted by Gasteiger charge is 2.33. The summed E-state index contributed by atoms with van der Waals surface area (Å²) in [6.45, 7) is 5.06. The lowest BCUT2D eigenvalue weighted by atomic mass is 10.1. The van der Waals surface area contributed by atoms with Gasteiger partial charge >= 0.3 is 0 Å². The van der Waals surface area contributed by atoms with Crippen LogP contribution in [-0.4, -0.2) is 29.3 Å². The molecule has 4 heteroatoms. The zero-order chi connectivity index (χ0) is 14.3. The van der Waals surface area contributed by atoms with Gasteiger partial charge < -0.3 is 10.2 Å². The van der Waals surface area contributed by atoms with Gasteiger partial charge in [0.1, 0.15) is 0 Å². The molecule has 2 aliphatic rings. The van der Waals surface area contributed by atoms with Gasteiger partial charge in [-0.05, 0) is 36.5 Å². The van der Waals surface area contributed by atoms with Crippen LogP contribution in [0.15, 0.2) is 18.2 Å². The first-order chi connectivity index (χ1) is 9.54. The largest absolute Gasteiger partial charge is 0.335 e. The van der Waals surface area contributed by atoms with Crippen LogP contribution in [0.4, 0.5) is 5.69 Å². The minimum atomic E-state index is 0.00540. The Morgan fingerprint density at radius 1 is 1.40 bits per heavy atom. The fourth-order valence-corrected chi connectivity index (χ4v) is 2.69. The van der Waals surface area contributed by atoms with Crippen LogP contribution in [0.3, 0.4) is 0 Å². The van der Waals surface area contributed by atoms with E-state index in [-0.39, 0.29) is 11.8 Å². The smallest absolute Gasteiger partial charge is 0.254 e. The van der Waals surface area contributed by atoms with Crippen molar-refractivity contribution in [1.29, 1.82) is 0 Å². The first-order valence-electron chi connectivity index (χ1n) is 7.28. The average Bonchev–Trinajstić information content (AvgIpc) is 3.15. The molecule has 0 spiro atoms. The molecule has 1 aliphatic carbocycles. The quantitative estimate of drug-likeness (QED) is 0.915. The Kier molecular flexibility index (Phi) is 3.24. The highest BCUT2D eigenvalue weighted by Crippen LogP contribution is 2.30. The van der Waals surface area contributed by atoms with Crippen molar-refractivity contribution in [1.82, 2.24) is 4.90 Å². The minimum Gasteiger partial charge on any atom is -0.335 e. The second-order valence-corrected chi connectivity index (χ2v) is 6.18. The van der Waals surface area contributed by atoms with Crippen LogP contribution in [-0.2, 0) is 11.2 Å². The summed E-state index contributed by atoms with van der Waals surface area (Å²) in [6.07, 6.45) is 2.64. The molecule has 3 rings (SSSR count). The van der Waals surface area contributed by atoms with Crippen molar-refractivity contribution in [2.75, 3.05) is 11.9 Å². The number of hydrogen-bond donors (Lipinski definition) is 1. The molecule has 0 bridgehead atoms. The fourth-order valence-electron chi connectivity index (χ4n) is 2.69. The van der Waals surface area contributed by atoms with Crippen LogP contribution in [0.25, 0.3) is 0 Å². The third kappa shape index (κ3) is 2.55. The summed E-state index contributed by atoms with van der Waals surface area (Å²) in [5.74, 6) is 0.560. The van der Waals surface area contributed by atoms with E-state index in [0.29, 0.717) is 23.9 Å². The highest BCUT2D eigenvalue weighted by atomic mass is 16.2. The summed E-state index contributed by atoms with van der Waals surface area (Å²) in [6, 6.07) is 5.96. The SMILES string of the molecule is CC(C)CN(C(=O)c1ccc2c(c1)NC(=O)C2)C1CC1. The molecule has 1 N–H and O–H groups in total. The molecule has 2 amide bonds. The van der Waals surface area contributed by atoms with Crippen molar-refractivity contribution in [3.05, 3.63) is 29.3 Å². The predicted octanol–water partition coefficient (Wildman–Crippen LogP) is 2.44. The molecule has 0 atom stereocenters. The van der Waals surface area contributed by atoms with Gasteiger partial charge in [0.25, 0.3) is 5.91 Å². The lowest BCUT2D eigenvalue weighted by Crippen LogP contribution is -2.36. The lowest BCUT2D eigenvalue weighted by Gasteiger charge is -2.24. The number of nitrogens with one attached hydrogen (secondary N) is 1. The van der Waals surface area contributed by atoms with E-state index in [1.807, 2.05) is 23.1 Å². The van der Waals surface area contributed by atoms with Gasteiger partial charge in [0.05, 0.1) is 6.42 Å². The molecule has 1 heterocycles. The standard InChI is InChI=1S/C16H20N2O2/c1-10(2)9-18(13-5-6-13)16(20)12-4-3-11-8-15(19)17-14(11)7-12/h3-4,7,10,13H,5-6,8-9H2,1-2H3,(H,17,19). The second kappa shape index (κ2) is 4.93. The van der Waals surface area contributed by atoms with E-state index in [0.717, 1.165) is 30.6 Å². The molecule has 0 aromatic heterocycles. The van der Waals surface area contributed by atoms with E-state index in [9.17, 15) is 9.59 Å². The fraction of sp³-hybridized carbons (Fsp3) is 0.500. The number of amides is 2. The monoisotopic (exact) mass is 272 g/mol. The van der Waals surface area contributed by atoms with Gasteiger partial charge in [-0.3, -0.25) is 9.59 Å². The van der Waals surface area contributed by atoms with Crippen molar-refractivity contribution in [3.63, 3.8) is 0 Å². The van der Waals surface area contributed by atoms with Crippen LogP contribution in [0.1, 0.15) is 42.6 Å². The number of anilines is 1. The molecule has 1 fully saturated rings. The van der Waals surface area contributed by atoms with Gasteiger partial charge in [0, 0.05) is 23.8 Å². The molecule has 4 nitrogen and oxygen atoms in total. The molecular formula is C16H20N2O2. The first kappa shape index (κ1) is 13.2. The number of nitrogens with zero attached hydrogens (tertiary/aromatic N) is 1. The highest BCUT2D eigenvalue weighted by molar-refractivity contribution is 6.02. The lowest BCUT2D eigenvalue weighted by molar-refractivity contribution is -0.115. The topological polar surface area (TPSA) is 49.4 Å². The van der Waals surface area contributed by atoms with Crippen molar-refractivity contribution in [2.45, 2.75) is 39.2 Å².